The first-order chi connectivity index (χ1) is 15.8. The van der Waals surface area contributed by atoms with Crippen molar-refractivity contribution in [3.63, 3.8) is 0 Å². The highest BCUT2D eigenvalue weighted by Crippen LogP contribution is 2.38. The van der Waals surface area contributed by atoms with Crippen molar-refractivity contribution in [3.05, 3.63) is 73.5 Å². The maximum absolute atomic E-state index is 13.2. The van der Waals surface area contributed by atoms with E-state index in [4.69, 9.17) is 11.6 Å². The van der Waals surface area contributed by atoms with Gasteiger partial charge in [-0.15, -0.1) is 0 Å². The molecule has 0 fully saturated rings. The number of anilines is 1. The number of aromatic nitrogens is 3. The van der Waals surface area contributed by atoms with Crippen LogP contribution in [0.15, 0.2) is 52.4 Å². The van der Waals surface area contributed by atoms with Crippen LogP contribution in [-0.4, -0.2) is 26.7 Å². The summed E-state index contributed by atoms with van der Waals surface area (Å²) in [5.74, 6) is 0.466. The lowest BCUT2D eigenvalue weighted by Crippen LogP contribution is -2.60. The van der Waals surface area contributed by atoms with Crippen LogP contribution in [0.2, 0.25) is 5.02 Å². The van der Waals surface area contributed by atoms with Crippen LogP contribution in [0.25, 0.3) is 11.3 Å². The van der Waals surface area contributed by atoms with Gasteiger partial charge in [0.05, 0.1) is 21.7 Å². The Bertz CT molecular complexity index is 1310. The summed E-state index contributed by atoms with van der Waals surface area (Å²) in [5, 5.41) is 16.6. The smallest absolute Gasteiger partial charge is 0.291 e. The third-order valence-electron chi connectivity index (χ3n) is 5.30. The minimum absolute atomic E-state index is 0.0192. The number of nitrogens with one attached hydrogen (secondary N) is 1. The lowest BCUT2D eigenvalue weighted by Gasteiger charge is -2.31. The van der Waals surface area contributed by atoms with E-state index in [2.05, 4.69) is 17.0 Å². The van der Waals surface area contributed by atoms with Crippen molar-refractivity contribution in [1.29, 1.82) is 0 Å². The van der Waals surface area contributed by atoms with Crippen LogP contribution in [0.5, 0.6) is 0 Å². The molecule has 1 aliphatic rings. The number of unbranched alkanes of at least 4 members (excludes halogenated alkanes) is 1. The summed E-state index contributed by atoms with van der Waals surface area (Å²) in [7, 11) is 0. The molecular weight excluding hydrogens is 466 g/mol. The average molecular weight is 487 g/mol. The number of rotatable bonds is 6. The Morgan fingerprint density at radius 2 is 2.09 bits per heavy atom. The van der Waals surface area contributed by atoms with Crippen molar-refractivity contribution in [2.75, 3.05) is 10.7 Å². The fourth-order valence-electron chi connectivity index (χ4n) is 3.82. The minimum atomic E-state index is -0.906. The number of hydrogen-bond acceptors (Lipinski definition) is 6. The normalized spacial score (nSPS) is 14.5. The molecular formula is C22H21ClN5O4S+. The molecule has 1 aliphatic heterocycles. The van der Waals surface area contributed by atoms with Crippen LogP contribution < -0.4 is 15.1 Å². The number of halogens is 1. The molecule has 2 heterocycles. The highest BCUT2D eigenvalue weighted by Gasteiger charge is 2.45. The molecule has 0 radical (unpaired) electrons. The Kier molecular flexibility index (Phi) is 6.48. The SMILES string of the molecule is CCCCSc1n[n+]2c(c(=O)[nH]1)-c1ccccc1N(C(C)=O)[C@@H]2c1ccc(Cl)c([N+](=O)[O-])c1. The van der Waals surface area contributed by atoms with Gasteiger partial charge in [-0.25, -0.2) is 4.90 Å². The van der Waals surface area contributed by atoms with Crippen LogP contribution in [0.1, 0.15) is 38.4 Å². The predicted octanol–water partition coefficient (Wildman–Crippen LogP) is 4.09. The fraction of sp³-hybridized carbons (Fsp3) is 0.273. The fourth-order valence-corrected chi connectivity index (χ4v) is 4.94. The van der Waals surface area contributed by atoms with E-state index < -0.39 is 11.1 Å². The third-order valence-corrected chi connectivity index (χ3v) is 6.57. The predicted molar refractivity (Wildman–Crippen MR) is 126 cm³/mol. The van der Waals surface area contributed by atoms with Crippen molar-refractivity contribution in [3.8, 4) is 11.3 Å². The van der Waals surface area contributed by atoms with Gasteiger partial charge in [0, 0.05) is 23.8 Å². The Morgan fingerprint density at radius 3 is 2.79 bits per heavy atom. The van der Waals surface area contributed by atoms with Crippen LogP contribution in [0.3, 0.4) is 0 Å². The largest absolute Gasteiger partial charge is 0.325 e. The van der Waals surface area contributed by atoms with Crippen LogP contribution in [0.4, 0.5) is 11.4 Å². The minimum Gasteiger partial charge on any atom is -0.291 e. The molecule has 0 aliphatic carbocycles. The number of aromatic amines is 1. The van der Waals surface area contributed by atoms with Gasteiger partial charge in [0.1, 0.15) is 5.02 Å². The zero-order chi connectivity index (χ0) is 23.7. The lowest BCUT2D eigenvalue weighted by atomic mass is 10.0. The zero-order valence-corrected chi connectivity index (χ0v) is 19.5. The number of para-hydroxylation sites is 1. The first-order valence-corrected chi connectivity index (χ1v) is 11.7. The number of H-pyrrole nitrogens is 1. The number of nitro groups is 1. The number of amides is 1. The molecule has 1 atom stereocenters. The highest BCUT2D eigenvalue weighted by molar-refractivity contribution is 7.99. The Hall–Kier alpha value is -3.24. The molecule has 1 aromatic heterocycles. The van der Waals surface area contributed by atoms with Crippen molar-refractivity contribution in [2.24, 2.45) is 0 Å². The molecule has 2 aromatic carbocycles. The molecule has 0 unspecified atom stereocenters. The molecule has 0 saturated heterocycles. The second-order valence-electron chi connectivity index (χ2n) is 7.50. The number of hydrogen-bond donors (Lipinski definition) is 1. The van der Waals surface area contributed by atoms with Gasteiger partial charge >= 0.3 is 11.3 Å². The van der Waals surface area contributed by atoms with Gasteiger partial charge in [-0.05, 0) is 35.4 Å². The van der Waals surface area contributed by atoms with Gasteiger partial charge in [0.25, 0.3) is 11.9 Å². The molecule has 0 bridgehead atoms. The molecule has 170 valence electrons. The van der Waals surface area contributed by atoms with E-state index >= 15 is 0 Å². The third kappa shape index (κ3) is 4.23. The van der Waals surface area contributed by atoms with Crippen molar-refractivity contribution in [1.82, 2.24) is 10.1 Å². The van der Waals surface area contributed by atoms with Gasteiger partial charge in [-0.1, -0.05) is 48.8 Å². The van der Waals surface area contributed by atoms with Crippen molar-refractivity contribution >= 4 is 40.6 Å². The van der Waals surface area contributed by atoms with E-state index in [1.807, 2.05) is 0 Å². The summed E-state index contributed by atoms with van der Waals surface area (Å²) in [5.41, 5.74) is 1.10. The highest BCUT2D eigenvalue weighted by atomic mass is 35.5. The van der Waals surface area contributed by atoms with E-state index in [1.54, 1.807) is 30.3 Å². The van der Waals surface area contributed by atoms with Gasteiger partial charge < -0.3 is 0 Å². The maximum Gasteiger partial charge on any atom is 0.325 e. The Balaban J connectivity index is 2.00. The zero-order valence-electron chi connectivity index (χ0n) is 17.9. The molecule has 33 heavy (non-hydrogen) atoms. The molecule has 0 saturated carbocycles. The van der Waals surface area contributed by atoms with Crippen molar-refractivity contribution < 1.29 is 14.4 Å². The van der Waals surface area contributed by atoms with Gasteiger partial charge in [0.2, 0.25) is 11.1 Å². The van der Waals surface area contributed by atoms with Crippen LogP contribution >= 0.6 is 23.4 Å². The maximum atomic E-state index is 13.2. The molecule has 1 amide bonds. The van der Waals surface area contributed by atoms with Crippen LogP contribution in [-0.2, 0) is 4.79 Å². The van der Waals surface area contributed by atoms with E-state index in [0.717, 1.165) is 18.6 Å². The number of fused-ring (bicyclic) bond motifs is 3. The van der Waals surface area contributed by atoms with Gasteiger partial charge in [-0.3, -0.25) is 24.7 Å². The van der Waals surface area contributed by atoms with E-state index in [9.17, 15) is 19.7 Å². The summed E-state index contributed by atoms with van der Waals surface area (Å²) in [6.45, 7) is 3.48. The first kappa shape index (κ1) is 22.9. The van der Waals surface area contributed by atoms with Crippen LogP contribution in [0, 0.1) is 10.1 Å². The van der Waals surface area contributed by atoms with E-state index in [-0.39, 0.29) is 27.9 Å². The molecule has 9 nitrogen and oxygen atoms in total. The number of nitrogens with zero attached hydrogens (tertiary/aromatic N) is 4. The van der Waals surface area contributed by atoms with Gasteiger partial charge in [-0.2, -0.15) is 0 Å². The number of thioether (sulfide) groups is 1. The second-order valence-corrected chi connectivity index (χ2v) is 8.99. The number of carbonyl (C=O) groups is 1. The Morgan fingerprint density at radius 1 is 1.33 bits per heavy atom. The molecule has 0 spiro atoms. The Labute approximate surface area is 198 Å². The number of carbonyl (C=O) groups excluding carboxylic acids is 1. The lowest BCUT2D eigenvalue weighted by molar-refractivity contribution is -0.763. The molecule has 1 N–H and O–H groups in total. The number of nitro benzene ring substituents is 1. The summed E-state index contributed by atoms with van der Waals surface area (Å²) < 4.78 is 1.48. The quantitative estimate of drug-likeness (QED) is 0.184. The average Bonchev–Trinajstić information content (AvgIpc) is 2.78. The molecule has 11 heteroatoms. The summed E-state index contributed by atoms with van der Waals surface area (Å²) in [6, 6.07) is 11.4. The van der Waals surface area contributed by atoms with Crippen molar-refractivity contribution in [2.45, 2.75) is 38.0 Å². The van der Waals surface area contributed by atoms with E-state index in [0.29, 0.717) is 22.0 Å². The molecule has 4 rings (SSSR count). The van der Waals surface area contributed by atoms with Gasteiger partial charge in [0.15, 0.2) is 0 Å². The second kappa shape index (κ2) is 9.32. The van der Waals surface area contributed by atoms with E-state index in [1.165, 1.54) is 40.4 Å². The number of benzene rings is 2. The summed E-state index contributed by atoms with van der Waals surface area (Å²) in [6.07, 6.45) is 1.04. The molecule has 3 aromatic rings. The first-order valence-electron chi connectivity index (χ1n) is 10.4. The summed E-state index contributed by atoms with van der Waals surface area (Å²) >= 11 is 7.44. The monoisotopic (exact) mass is 486 g/mol. The topological polar surface area (TPSA) is 113 Å². The summed E-state index contributed by atoms with van der Waals surface area (Å²) in [4.78, 5) is 41.3. The standard InChI is InChI=1S/C22H20ClN5O4S/c1-3-4-11-33-22-24-20(30)19-15-7-5-6-8-17(15)26(13(2)29)21(27(19)25-22)14-9-10-16(23)18(12-14)28(31)32/h5-10,12,21H,3-4,11H2,1-2H3/p+1/t21-/m0/s1.